The van der Waals surface area contributed by atoms with E-state index < -0.39 is 29.6 Å². The molecule has 0 N–H and O–H groups in total. The van der Waals surface area contributed by atoms with Crippen molar-refractivity contribution < 1.29 is 18.4 Å². The molecule has 0 fully saturated rings. The molecule has 5 nitrogen and oxygen atoms in total. The molecule has 7 heteroatoms. The Morgan fingerprint density at radius 1 is 0.724 bits per heavy atom. The molecule has 0 saturated heterocycles. The van der Waals surface area contributed by atoms with Gasteiger partial charge in [-0.05, 0) is 60.7 Å². The zero-order chi connectivity index (χ0) is 20.5. The van der Waals surface area contributed by atoms with Crippen LogP contribution in [0.3, 0.4) is 0 Å². The molecule has 0 saturated carbocycles. The minimum absolute atomic E-state index is 0.178. The second-order valence-corrected chi connectivity index (χ2v) is 6.36. The molecule has 3 aromatic carbocycles. The van der Waals surface area contributed by atoms with E-state index in [9.17, 15) is 23.6 Å². The zero-order valence-corrected chi connectivity index (χ0v) is 14.9. The third-order valence-electron chi connectivity index (χ3n) is 4.63. The first-order valence-corrected chi connectivity index (χ1v) is 8.68. The zero-order valence-electron chi connectivity index (χ0n) is 14.9. The second-order valence-electron chi connectivity index (χ2n) is 6.36. The summed E-state index contributed by atoms with van der Waals surface area (Å²) in [5.41, 5.74) is 1.11. The smallest absolute Gasteiger partial charge is 0.260 e. The maximum atomic E-state index is 13.2. The fourth-order valence-electron chi connectivity index (χ4n) is 3.27. The fraction of sp³-hybridized carbons (Fsp3) is 0.0455. The molecule has 0 spiro atoms. The van der Waals surface area contributed by atoms with E-state index in [0.29, 0.717) is 11.4 Å². The van der Waals surface area contributed by atoms with Gasteiger partial charge in [-0.3, -0.25) is 19.4 Å². The molecule has 1 heterocycles. The first kappa shape index (κ1) is 18.3. The van der Waals surface area contributed by atoms with E-state index >= 15 is 0 Å². The van der Waals surface area contributed by atoms with Crippen molar-refractivity contribution in [2.75, 3.05) is 9.80 Å². The number of anilines is 2. The molecule has 0 bridgehead atoms. The van der Waals surface area contributed by atoms with Crippen LogP contribution in [0, 0.1) is 23.0 Å². The molecule has 4 rings (SSSR count). The van der Waals surface area contributed by atoms with Crippen LogP contribution in [0.15, 0.2) is 72.8 Å². The van der Waals surface area contributed by atoms with Crippen LogP contribution in [0.1, 0.15) is 20.7 Å². The Morgan fingerprint density at radius 3 is 1.45 bits per heavy atom. The van der Waals surface area contributed by atoms with Crippen molar-refractivity contribution in [2.45, 2.75) is 6.17 Å². The summed E-state index contributed by atoms with van der Waals surface area (Å²) in [7, 11) is 0. The van der Waals surface area contributed by atoms with Crippen molar-refractivity contribution in [3.63, 3.8) is 0 Å². The van der Waals surface area contributed by atoms with Crippen LogP contribution in [0.4, 0.5) is 20.2 Å². The number of fused-ring (bicyclic) bond motifs is 1. The number of nitriles is 1. The van der Waals surface area contributed by atoms with Crippen LogP contribution >= 0.6 is 0 Å². The summed E-state index contributed by atoms with van der Waals surface area (Å²) in [5, 5.41) is 9.80. The van der Waals surface area contributed by atoms with Crippen molar-refractivity contribution in [1.29, 1.82) is 5.26 Å². The standard InChI is InChI=1S/C22H13F2N3O2/c23-16-9-5-14(6-10-16)21(28)26-18-3-1-2-4-19(18)27(20(26)13-25)22(29)15-7-11-17(24)12-8-15/h1-12,20H. The van der Waals surface area contributed by atoms with Crippen LogP contribution in [0.5, 0.6) is 0 Å². The Kier molecular flexibility index (Phi) is 4.53. The fourth-order valence-corrected chi connectivity index (χ4v) is 3.27. The average Bonchev–Trinajstić information content (AvgIpc) is 3.08. The van der Waals surface area contributed by atoms with Gasteiger partial charge in [-0.25, -0.2) is 8.78 Å². The molecule has 0 aliphatic carbocycles. The summed E-state index contributed by atoms with van der Waals surface area (Å²) >= 11 is 0. The van der Waals surface area contributed by atoms with Gasteiger partial charge in [0.1, 0.15) is 17.7 Å². The lowest BCUT2D eigenvalue weighted by Gasteiger charge is -2.25. The Bertz CT molecular complexity index is 1050. The summed E-state index contributed by atoms with van der Waals surface area (Å²) in [4.78, 5) is 28.6. The molecule has 1 aliphatic heterocycles. The van der Waals surface area contributed by atoms with Gasteiger partial charge >= 0.3 is 0 Å². The van der Waals surface area contributed by atoms with E-state index in [-0.39, 0.29) is 11.1 Å². The van der Waals surface area contributed by atoms with Gasteiger partial charge in [0, 0.05) is 11.1 Å². The number of halogens is 2. The Hall–Kier alpha value is -4.05. The lowest BCUT2D eigenvalue weighted by atomic mass is 10.1. The number of hydrogen-bond donors (Lipinski definition) is 0. The van der Waals surface area contributed by atoms with Gasteiger partial charge in [-0.15, -0.1) is 0 Å². The maximum Gasteiger partial charge on any atom is 0.260 e. The van der Waals surface area contributed by atoms with Crippen molar-refractivity contribution >= 4 is 23.2 Å². The van der Waals surface area contributed by atoms with Crippen LogP contribution < -0.4 is 9.80 Å². The molecule has 29 heavy (non-hydrogen) atoms. The Labute approximate surface area is 165 Å². The van der Waals surface area contributed by atoms with Gasteiger partial charge in [0.15, 0.2) is 0 Å². The molecule has 0 unspecified atom stereocenters. The summed E-state index contributed by atoms with van der Waals surface area (Å²) in [6, 6.07) is 18.5. The SMILES string of the molecule is N#CC1N(C(=O)c2ccc(F)cc2)c2ccccc2N1C(=O)c1ccc(F)cc1. The number of nitrogens with zero attached hydrogens (tertiary/aromatic N) is 3. The highest BCUT2D eigenvalue weighted by atomic mass is 19.1. The summed E-state index contributed by atoms with van der Waals surface area (Å²) in [6.45, 7) is 0. The van der Waals surface area contributed by atoms with Gasteiger partial charge in [0.2, 0.25) is 6.17 Å². The predicted octanol–water partition coefficient (Wildman–Crippen LogP) is 4.12. The van der Waals surface area contributed by atoms with Crippen LogP contribution in [0.25, 0.3) is 0 Å². The lowest BCUT2D eigenvalue weighted by Crippen LogP contribution is -2.48. The monoisotopic (exact) mass is 389 g/mol. The van der Waals surface area contributed by atoms with Gasteiger partial charge in [0.05, 0.1) is 11.4 Å². The lowest BCUT2D eigenvalue weighted by molar-refractivity contribution is 0.0966. The number of carbonyl (C=O) groups is 2. The van der Waals surface area contributed by atoms with Crippen LogP contribution in [-0.4, -0.2) is 18.0 Å². The normalized spacial score (nSPS) is 13.1. The van der Waals surface area contributed by atoms with Crippen molar-refractivity contribution in [2.24, 2.45) is 0 Å². The summed E-state index contributed by atoms with van der Waals surface area (Å²) < 4.78 is 26.5. The first-order chi connectivity index (χ1) is 14.0. The van der Waals surface area contributed by atoms with E-state index in [0.717, 1.165) is 24.3 Å². The highest BCUT2D eigenvalue weighted by molar-refractivity contribution is 6.17. The Balaban J connectivity index is 1.79. The largest absolute Gasteiger partial charge is 0.272 e. The molecule has 1 aliphatic rings. The summed E-state index contributed by atoms with van der Waals surface area (Å²) in [6.07, 6.45) is -1.25. The van der Waals surface area contributed by atoms with Crippen molar-refractivity contribution in [1.82, 2.24) is 0 Å². The molecule has 0 radical (unpaired) electrons. The Morgan fingerprint density at radius 2 is 1.10 bits per heavy atom. The van der Waals surface area contributed by atoms with E-state index in [1.165, 1.54) is 34.1 Å². The number of para-hydroxylation sites is 2. The molecule has 142 valence electrons. The van der Waals surface area contributed by atoms with E-state index in [4.69, 9.17) is 0 Å². The number of hydrogen-bond acceptors (Lipinski definition) is 3. The topological polar surface area (TPSA) is 64.4 Å². The molecular weight excluding hydrogens is 376 g/mol. The number of carbonyl (C=O) groups excluding carboxylic acids is 2. The molecule has 2 amide bonds. The quantitative estimate of drug-likeness (QED) is 0.662. The molecule has 3 aromatic rings. The first-order valence-electron chi connectivity index (χ1n) is 8.68. The highest BCUT2D eigenvalue weighted by Gasteiger charge is 2.43. The van der Waals surface area contributed by atoms with Gasteiger partial charge in [-0.2, -0.15) is 5.26 Å². The van der Waals surface area contributed by atoms with Crippen LogP contribution in [0.2, 0.25) is 0 Å². The number of rotatable bonds is 2. The predicted molar refractivity (Wildman–Crippen MR) is 102 cm³/mol. The summed E-state index contributed by atoms with van der Waals surface area (Å²) in [5.74, 6) is -2.07. The van der Waals surface area contributed by atoms with Crippen molar-refractivity contribution in [3.8, 4) is 6.07 Å². The third kappa shape index (κ3) is 3.11. The van der Waals surface area contributed by atoms with Gasteiger partial charge in [-0.1, -0.05) is 12.1 Å². The van der Waals surface area contributed by atoms with E-state index in [1.807, 2.05) is 6.07 Å². The highest BCUT2D eigenvalue weighted by Crippen LogP contribution is 2.41. The van der Waals surface area contributed by atoms with Gasteiger partial charge in [0.25, 0.3) is 11.8 Å². The molecule has 0 atom stereocenters. The van der Waals surface area contributed by atoms with E-state index in [1.54, 1.807) is 24.3 Å². The minimum Gasteiger partial charge on any atom is -0.272 e. The molecular formula is C22H13F2N3O2. The van der Waals surface area contributed by atoms with E-state index in [2.05, 4.69) is 0 Å². The van der Waals surface area contributed by atoms with Gasteiger partial charge < -0.3 is 0 Å². The van der Waals surface area contributed by atoms with Crippen molar-refractivity contribution in [3.05, 3.63) is 95.6 Å². The minimum atomic E-state index is -1.25. The average molecular weight is 389 g/mol. The van der Waals surface area contributed by atoms with Crippen LogP contribution in [-0.2, 0) is 0 Å². The second kappa shape index (κ2) is 7.17. The molecule has 0 aromatic heterocycles. The number of amides is 2. The maximum absolute atomic E-state index is 13.2. The third-order valence-corrected chi connectivity index (χ3v) is 4.63. The number of benzene rings is 3.